The number of benzene rings is 1. The predicted octanol–water partition coefficient (Wildman–Crippen LogP) is 3.26. The summed E-state index contributed by atoms with van der Waals surface area (Å²) in [5.41, 5.74) is 0.976. The number of likely N-dealkylation sites (tertiary alicyclic amines) is 1. The smallest absolute Gasteiger partial charge is 0.224 e. The molecule has 1 N–H and O–H groups in total. The fourth-order valence-corrected chi connectivity index (χ4v) is 4.00. The molecule has 2 fully saturated rings. The lowest BCUT2D eigenvalue weighted by molar-refractivity contribution is -0.120. The molecule has 22 heavy (non-hydrogen) atoms. The van der Waals surface area contributed by atoms with Crippen LogP contribution >= 0.6 is 11.6 Å². The van der Waals surface area contributed by atoms with Crippen molar-refractivity contribution < 1.29 is 4.79 Å². The van der Waals surface area contributed by atoms with E-state index in [1.807, 2.05) is 24.3 Å². The minimum atomic E-state index is 0.0987. The minimum Gasteiger partial charge on any atom is -0.355 e. The molecular formula is C18H25ClN2O. The average molecular weight is 321 g/mol. The molecule has 1 aliphatic heterocycles. The lowest BCUT2D eigenvalue weighted by atomic mass is 10.1. The SMILES string of the molecule is O=C(Cc1cccc(Cl)c1)NC[C@@H]1CCN(C2CCCC2)C1. The minimum absolute atomic E-state index is 0.0987. The van der Waals surface area contributed by atoms with Crippen molar-refractivity contribution >= 4 is 17.5 Å². The normalized spacial score (nSPS) is 23.0. The Hall–Kier alpha value is -1.06. The summed E-state index contributed by atoms with van der Waals surface area (Å²) in [6.45, 7) is 3.17. The molecule has 3 rings (SSSR count). The van der Waals surface area contributed by atoms with Gasteiger partial charge in [-0.05, 0) is 49.4 Å². The zero-order chi connectivity index (χ0) is 15.4. The van der Waals surface area contributed by atoms with E-state index in [9.17, 15) is 4.79 Å². The van der Waals surface area contributed by atoms with E-state index in [-0.39, 0.29) is 5.91 Å². The molecule has 0 radical (unpaired) electrons. The summed E-state index contributed by atoms with van der Waals surface area (Å²) in [6.07, 6.45) is 7.15. The molecule has 1 amide bonds. The maximum atomic E-state index is 12.1. The van der Waals surface area contributed by atoms with Crippen LogP contribution in [-0.2, 0) is 11.2 Å². The van der Waals surface area contributed by atoms with Gasteiger partial charge in [0.05, 0.1) is 6.42 Å². The number of halogens is 1. The van der Waals surface area contributed by atoms with E-state index < -0.39 is 0 Å². The maximum Gasteiger partial charge on any atom is 0.224 e. The first-order valence-electron chi connectivity index (χ1n) is 8.46. The van der Waals surface area contributed by atoms with Gasteiger partial charge in [0.1, 0.15) is 0 Å². The van der Waals surface area contributed by atoms with E-state index in [1.165, 1.54) is 38.6 Å². The molecule has 1 saturated carbocycles. The van der Waals surface area contributed by atoms with Gasteiger partial charge >= 0.3 is 0 Å². The summed E-state index contributed by atoms with van der Waals surface area (Å²) in [6, 6.07) is 8.34. The van der Waals surface area contributed by atoms with Crippen LogP contribution in [0.5, 0.6) is 0 Å². The third-order valence-electron chi connectivity index (χ3n) is 5.00. The van der Waals surface area contributed by atoms with Gasteiger partial charge in [-0.2, -0.15) is 0 Å². The quantitative estimate of drug-likeness (QED) is 0.903. The molecule has 1 heterocycles. The van der Waals surface area contributed by atoms with Crippen molar-refractivity contribution in [3.63, 3.8) is 0 Å². The number of nitrogens with zero attached hydrogens (tertiary/aromatic N) is 1. The monoisotopic (exact) mass is 320 g/mol. The fourth-order valence-electron chi connectivity index (χ4n) is 3.78. The number of carbonyl (C=O) groups is 1. The van der Waals surface area contributed by atoms with Gasteiger partial charge < -0.3 is 10.2 Å². The molecule has 4 heteroatoms. The Morgan fingerprint density at radius 3 is 2.86 bits per heavy atom. The van der Waals surface area contributed by atoms with Crippen molar-refractivity contribution in [2.24, 2.45) is 5.92 Å². The van der Waals surface area contributed by atoms with Gasteiger partial charge in [0, 0.05) is 24.2 Å². The van der Waals surface area contributed by atoms with Crippen molar-refractivity contribution in [3.05, 3.63) is 34.9 Å². The van der Waals surface area contributed by atoms with Gasteiger partial charge in [-0.1, -0.05) is 36.6 Å². The first-order chi connectivity index (χ1) is 10.7. The molecule has 3 nitrogen and oxygen atoms in total. The number of carbonyl (C=O) groups excluding carboxylic acids is 1. The molecule has 120 valence electrons. The van der Waals surface area contributed by atoms with E-state index in [1.54, 1.807) is 0 Å². The Kier molecular flexibility index (Phi) is 5.37. The Labute approximate surface area is 138 Å². The van der Waals surface area contributed by atoms with Crippen LogP contribution in [-0.4, -0.2) is 36.5 Å². The summed E-state index contributed by atoms with van der Waals surface area (Å²) >= 11 is 5.95. The Morgan fingerprint density at radius 2 is 2.09 bits per heavy atom. The van der Waals surface area contributed by atoms with Gasteiger partial charge in [-0.15, -0.1) is 0 Å². The summed E-state index contributed by atoms with van der Waals surface area (Å²) in [4.78, 5) is 14.7. The largest absolute Gasteiger partial charge is 0.355 e. The van der Waals surface area contributed by atoms with Crippen LogP contribution in [0.25, 0.3) is 0 Å². The third-order valence-corrected chi connectivity index (χ3v) is 5.24. The van der Waals surface area contributed by atoms with Crippen molar-refractivity contribution in [2.45, 2.75) is 44.6 Å². The summed E-state index contributed by atoms with van der Waals surface area (Å²) in [5.74, 6) is 0.713. The molecular weight excluding hydrogens is 296 g/mol. The molecule has 1 aromatic rings. The van der Waals surface area contributed by atoms with Gasteiger partial charge in [0.2, 0.25) is 5.91 Å². The molecule has 1 saturated heterocycles. The van der Waals surface area contributed by atoms with Crippen LogP contribution < -0.4 is 5.32 Å². The lowest BCUT2D eigenvalue weighted by Crippen LogP contribution is -2.34. The van der Waals surface area contributed by atoms with Gasteiger partial charge in [-0.3, -0.25) is 4.79 Å². The average Bonchev–Trinajstić information content (AvgIpc) is 3.16. The Bertz CT molecular complexity index is 514. The zero-order valence-corrected chi connectivity index (χ0v) is 13.8. The first-order valence-corrected chi connectivity index (χ1v) is 8.83. The Morgan fingerprint density at radius 1 is 1.27 bits per heavy atom. The van der Waals surface area contributed by atoms with Crippen molar-refractivity contribution in [1.82, 2.24) is 10.2 Å². The number of hydrogen-bond acceptors (Lipinski definition) is 2. The van der Waals surface area contributed by atoms with Crippen LogP contribution in [0.3, 0.4) is 0 Å². The van der Waals surface area contributed by atoms with E-state index in [0.717, 1.165) is 24.7 Å². The second-order valence-electron chi connectivity index (χ2n) is 6.70. The molecule has 2 aliphatic rings. The van der Waals surface area contributed by atoms with Crippen LogP contribution in [0.4, 0.5) is 0 Å². The van der Waals surface area contributed by atoms with Crippen LogP contribution in [0, 0.1) is 5.92 Å². The van der Waals surface area contributed by atoms with Crippen LogP contribution in [0.2, 0.25) is 5.02 Å². The van der Waals surface area contributed by atoms with Crippen molar-refractivity contribution in [2.75, 3.05) is 19.6 Å². The summed E-state index contributed by atoms with van der Waals surface area (Å²) in [7, 11) is 0. The second kappa shape index (κ2) is 7.47. The number of amides is 1. The predicted molar refractivity (Wildman–Crippen MR) is 90.1 cm³/mol. The van der Waals surface area contributed by atoms with Gasteiger partial charge in [0.25, 0.3) is 0 Å². The van der Waals surface area contributed by atoms with E-state index in [0.29, 0.717) is 17.4 Å². The number of hydrogen-bond donors (Lipinski definition) is 1. The fraction of sp³-hybridized carbons (Fsp3) is 0.611. The first kappa shape index (κ1) is 15.8. The van der Waals surface area contributed by atoms with E-state index >= 15 is 0 Å². The zero-order valence-electron chi connectivity index (χ0n) is 13.1. The van der Waals surface area contributed by atoms with E-state index in [4.69, 9.17) is 11.6 Å². The third kappa shape index (κ3) is 4.23. The van der Waals surface area contributed by atoms with Gasteiger partial charge in [0.15, 0.2) is 0 Å². The van der Waals surface area contributed by atoms with E-state index in [2.05, 4.69) is 10.2 Å². The van der Waals surface area contributed by atoms with Crippen LogP contribution in [0.15, 0.2) is 24.3 Å². The molecule has 0 unspecified atom stereocenters. The highest BCUT2D eigenvalue weighted by molar-refractivity contribution is 6.30. The highest BCUT2D eigenvalue weighted by Gasteiger charge is 2.29. The molecule has 0 aromatic heterocycles. The molecule has 0 spiro atoms. The summed E-state index contributed by atoms with van der Waals surface area (Å²) in [5, 5.41) is 3.78. The Balaban J connectivity index is 1.40. The topological polar surface area (TPSA) is 32.3 Å². The highest BCUT2D eigenvalue weighted by atomic mass is 35.5. The van der Waals surface area contributed by atoms with Gasteiger partial charge in [-0.25, -0.2) is 0 Å². The van der Waals surface area contributed by atoms with Crippen molar-refractivity contribution in [3.8, 4) is 0 Å². The molecule has 1 aromatic carbocycles. The summed E-state index contributed by atoms with van der Waals surface area (Å²) < 4.78 is 0. The molecule has 1 aliphatic carbocycles. The molecule has 1 atom stereocenters. The lowest BCUT2D eigenvalue weighted by Gasteiger charge is -2.23. The number of rotatable bonds is 5. The highest BCUT2D eigenvalue weighted by Crippen LogP contribution is 2.28. The molecule has 0 bridgehead atoms. The second-order valence-corrected chi connectivity index (χ2v) is 7.14. The van der Waals surface area contributed by atoms with Crippen molar-refractivity contribution in [1.29, 1.82) is 0 Å². The number of nitrogens with one attached hydrogen (secondary N) is 1. The standard InChI is InChI=1S/C18H25ClN2O/c19-16-5-3-4-14(10-16)11-18(22)20-12-15-8-9-21(13-15)17-6-1-2-7-17/h3-5,10,15,17H,1-2,6-9,11-13H2,(H,20,22)/t15-/m0/s1. The van der Waals surface area contributed by atoms with Crippen LogP contribution in [0.1, 0.15) is 37.7 Å². The maximum absolute atomic E-state index is 12.1.